The van der Waals surface area contributed by atoms with E-state index in [9.17, 15) is 9.59 Å². The highest BCUT2D eigenvalue weighted by Crippen LogP contribution is 2.21. The quantitative estimate of drug-likeness (QED) is 0.800. The third-order valence-corrected chi connectivity index (χ3v) is 3.37. The largest absolute Gasteiger partial charge is 0.481 e. The van der Waals surface area contributed by atoms with Crippen molar-refractivity contribution in [2.45, 2.75) is 19.8 Å². The molecule has 0 bridgehead atoms. The van der Waals surface area contributed by atoms with Gasteiger partial charge in [0.1, 0.15) is 0 Å². The van der Waals surface area contributed by atoms with Gasteiger partial charge in [-0.25, -0.2) is 4.68 Å². The third-order valence-electron chi connectivity index (χ3n) is 3.05. The maximum absolute atomic E-state index is 12.0. The number of carbonyl (C=O) groups is 2. The Bertz CT molecular complexity index is 697. The minimum atomic E-state index is -0.881. The number of para-hydroxylation sites is 1. The molecule has 0 aliphatic carbocycles. The predicted octanol–water partition coefficient (Wildman–Crippen LogP) is 2.43. The molecule has 22 heavy (non-hydrogen) atoms. The molecular formula is C15H16ClN3O3. The number of carbonyl (C=O) groups excluding carboxylic acids is 1. The lowest BCUT2D eigenvalue weighted by Crippen LogP contribution is -2.25. The number of hydrogen-bond acceptors (Lipinski definition) is 3. The van der Waals surface area contributed by atoms with Crippen molar-refractivity contribution in [2.75, 3.05) is 6.54 Å². The summed E-state index contributed by atoms with van der Waals surface area (Å²) in [4.78, 5) is 22.4. The first kappa shape index (κ1) is 16.0. The summed E-state index contributed by atoms with van der Waals surface area (Å²) in [5, 5.41) is 16.0. The molecule has 0 saturated carbocycles. The Hall–Kier alpha value is -2.34. The van der Waals surface area contributed by atoms with Crippen molar-refractivity contribution >= 4 is 23.5 Å². The molecule has 6 nitrogen and oxygen atoms in total. The van der Waals surface area contributed by atoms with Gasteiger partial charge < -0.3 is 10.4 Å². The van der Waals surface area contributed by atoms with Gasteiger partial charge in [0.05, 0.1) is 10.7 Å². The second kappa shape index (κ2) is 7.09. The minimum absolute atomic E-state index is 0.0212. The van der Waals surface area contributed by atoms with E-state index in [0.29, 0.717) is 23.7 Å². The first-order valence-electron chi connectivity index (χ1n) is 6.80. The van der Waals surface area contributed by atoms with Gasteiger partial charge in [-0.1, -0.05) is 23.7 Å². The maximum atomic E-state index is 12.0. The second-order valence-electron chi connectivity index (χ2n) is 4.79. The Balaban J connectivity index is 2.08. The zero-order valence-corrected chi connectivity index (χ0v) is 12.8. The first-order valence-corrected chi connectivity index (χ1v) is 7.18. The molecule has 0 aliphatic heterocycles. The number of aromatic nitrogens is 2. The molecule has 1 aromatic heterocycles. The fourth-order valence-electron chi connectivity index (χ4n) is 1.98. The van der Waals surface area contributed by atoms with E-state index in [0.717, 1.165) is 5.69 Å². The molecule has 7 heteroatoms. The highest BCUT2D eigenvalue weighted by atomic mass is 35.5. The lowest BCUT2D eigenvalue weighted by Gasteiger charge is -2.06. The van der Waals surface area contributed by atoms with E-state index in [4.69, 9.17) is 16.7 Å². The Morgan fingerprint density at radius 1 is 1.36 bits per heavy atom. The second-order valence-corrected chi connectivity index (χ2v) is 5.19. The molecule has 0 radical (unpaired) electrons. The van der Waals surface area contributed by atoms with Crippen LogP contribution in [0.3, 0.4) is 0 Å². The molecule has 1 amide bonds. The highest BCUT2D eigenvalue weighted by Gasteiger charge is 2.14. The fraction of sp³-hybridized carbons (Fsp3) is 0.267. The average Bonchev–Trinajstić information content (AvgIpc) is 2.86. The highest BCUT2D eigenvalue weighted by molar-refractivity contribution is 6.32. The number of hydrogen-bond donors (Lipinski definition) is 2. The lowest BCUT2D eigenvalue weighted by molar-refractivity contribution is -0.137. The topological polar surface area (TPSA) is 84.2 Å². The van der Waals surface area contributed by atoms with Gasteiger partial charge in [-0.15, -0.1) is 0 Å². The van der Waals surface area contributed by atoms with E-state index in [1.807, 2.05) is 25.1 Å². The Morgan fingerprint density at radius 3 is 2.77 bits per heavy atom. The monoisotopic (exact) mass is 321 g/mol. The zero-order chi connectivity index (χ0) is 16.1. The molecule has 0 saturated heterocycles. The molecule has 0 fully saturated rings. The van der Waals surface area contributed by atoms with Gasteiger partial charge in [-0.05, 0) is 31.5 Å². The van der Waals surface area contributed by atoms with Crippen molar-refractivity contribution in [3.63, 3.8) is 0 Å². The molecule has 1 heterocycles. The first-order chi connectivity index (χ1) is 10.5. The summed E-state index contributed by atoms with van der Waals surface area (Å²) in [5.74, 6) is -1.22. The van der Waals surface area contributed by atoms with Crippen molar-refractivity contribution in [1.29, 1.82) is 0 Å². The van der Waals surface area contributed by atoms with Crippen LogP contribution in [0.5, 0.6) is 0 Å². The summed E-state index contributed by atoms with van der Waals surface area (Å²) >= 11 is 6.13. The number of amides is 1. The van der Waals surface area contributed by atoms with Crippen LogP contribution in [0, 0.1) is 6.92 Å². The average molecular weight is 322 g/mol. The van der Waals surface area contributed by atoms with Gasteiger partial charge in [-0.2, -0.15) is 5.10 Å². The molecule has 116 valence electrons. The summed E-state index contributed by atoms with van der Waals surface area (Å²) in [6.07, 6.45) is 0.401. The van der Waals surface area contributed by atoms with Crippen LogP contribution in [-0.2, 0) is 4.79 Å². The zero-order valence-electron chi connectivity index (χ0n) is 12.0. The number of aryl methyl sites for hydroxylation is 1. The standard InChI is InChI=1S/C15H16ClN3O3/c1-10-9-12(15(22)17-8-4-7-14(20)21)18-19(10)13-6-3-2-5-11(13)16/h2-3,5-6,9H,4,7-8H2,1H3,(H,17,22)(H,20,21). The van der Waals surface area contributed by atoms with Gasteiger partial charge in [-0.3, -0.25) is 9.59 Å². The van der Waals surface area contributed by atoms with Crippen LogP contribution in [-0.4, -0.2) is 33.3 Å². The van der Waals surface area contributed by atoms with Crippen molar-refractivity contribution < 1.29 is 14.7 Å². The summed E-state index contributed by atoms with van der Waals surface area (Å²) in [7, 11) is 0. The van der Waals surface area contributed by atoms with Crippen molar-refractivity contribution in [2.24, 2.45) is 0 Å². The van der Waals surface area contributed by atoms with Gasteiger partial charge in [0, 0.05) is 18.7 Å². The van der Waals surface area contributed by atoms with E-state index in [-0.39, 0.29) is 18.0 Å². The molecule has 2 N–H and O–H groups in total. The Kier molecular flexibility index (Phi) is 5.16. The van der Waals surface area contributed by atoms with Gasteiger partial charge in [0.25, 0.3) is 5.91 Å². The number of nitrogens with zero attached hydrogens (tertiary/aromatic N) is 2. The van der Waals surface area contributed by atoms with Crippen LogP contribution in [0.4, 0.5) is 0 Å². The van der Waals surface area contributed by atoms with Crippen molar-refractivity contribution in [3.05, 3.63) is 46.7 Å². The van der Waals surface area contributed by atoms with Crippen LogP contribution >= 0.6 is 11.6 Å². The fourth-order valence-corrected chi connectivity index (χ4v) is 2.20. The molecule has 1 aromatic carbocycles. The number of aliphatic carboxylic acids is 1. The van der Waals surface area contributed by atoms with Crippen LogP contribution in [0.15, 0.2) is 30.3 Å². The molecule has 0 atom stereocenters. The molecule has 2 rings (SSSR count). The van der Waals surface area contributed by atoms with E-state index in [2.05, 4.69) is 10.4 Å². The van der Waals surface area contributed by atoms with E-state index in [1.54, 1.807) is 16.8 Å². The van der Waals surface area contributed by atoms with Crippen LogP contribution in [0.25, 0.3) is 5.69 Å². The van der Waals surface area contributed by atoms with Crippen LogP contribution < -0.4 is 5.32 Å². The number of halogens is 1. The van der Waals surface area contributed by atoms with E-state index >= 15 is 0 Å². The molecular weight excluding hydrogens is 306 g/mol. The summed E-state index contributed by atoms with van der Waals surface area (Å²) < 4.78 is 1.61. The summed E-state index contributed by atoms with van der Waals surface area (Å²) in [6, 6.07) is 8.89. The number of benzene rings is 1. The molecule has 2 aromatic rings. The third kappa shape index (κ3) is 3.85. The maximum Gasteiger partial charge on any atom is 0.303 e. The molecule has 0 unspecified atom stereocenters. The number of rotatable bonds is 6. The van der Waals surface area contributed by atoms with Gasteiger partial charge in [0.15, 0.2) is 5.69 Å². The number of carboxylic acids is 1. The molecule has 0 aliphatic rings. The lowest BCUT2D eigenvalue weighted by atomic mass is 10.3. The van der Waals surface area contributed by atoms with Crippen molar-refractivity contribution in [3.8, 4) is 5.69 Å². The van der Waals surface area contributed by atoms with Crippen LogP contribution in [0.2, 0.25) is 5.02 Å². The van der Waals surface area contributed by atoms with E-state index in [1.165, 1.54) is 0 Å². The smallest absolute Gasteiger partial charge is 0.303 e. The van der Waals surface area contributed by atoms with Gasteiger partial charge in [0.2, 0.25) is 0 Å². The Morgan fingerprint density at radius 2 is 2.09 bits per heavy atom. The van der Waals surface area contributed by atoms with Crippen LogP contribution in [0.1, 0.15) is 29.0 Å². The number of nitrogens with one attached hydrogen (secondary N) is 1. The Labute approximate surface area is 132 Å². The van der Waals surface area contributed by atoms with E-state index < -0.39 is 5.97 Å². The number of carboxylic acid groups (broad SMARTS) is 1. The SMILES string of the molecule is Cc1cc(C(=O)NCCCC(=O)O)nn1-c1ccccc1Cl. The summed E-state index contributed by atoms with van der Waals surface area (Å²) in [6.45, 7) is 2.13. The molecule has 0 spiro atoms. The van der Waals surface area contributed by atoms with Gasteiger partial charge >= 0.3 is 5.97 Å². The predicted molar refractivity (Wildman–Crippen MR) is 82.5 cm³/mol. The minimum Gasteiger partial charge on any atom is -0.481 e. The summed E-state index contributed by atoms with van der Waals surface area (Å²) in [5.41, 5.74) is 1.75. The normalized spacial score (nSPS) is 10.5. The van der Waals surface area contributed by atoms with Crippen molar-refractivity contribution in [1.82, 2.24) is 15.1 Å².